The summed E-state index contributed by atoms with van der Waals surface area (Å²) in [6.07, 6.45) is 1.07. The summed E-state index contributed by atoms with van der Waals surface area (Å²) in [7, 11) is -3.41. The number of esters is 1. The van der Waals surface area contributed by atoms with E-state index < -0.39 is 15.8 Å². The van der Waals surface area contributed by atoms with Crippen molar-refractivity contribution in [1.29, 1.82) is 0 Å². The SMILES string of the molecule is CS(=O)(=O)c1cccc(C(=O)OCc2nc(-c3cccc(Br)c3)no2)c1. The number of hydrogen-bond donors (Lipinski definition) is 0. The minimum atomic E-state index is -3.41. The van der Waals surface area contributed by atoms with Gasteiger partial charge in [0.25, 0.3) is 5.89 Å². The third-order valence-corrected chi connectivity index (χ3v) is 4.98. The molecular formula is C17H13BrN2O5S. The van der Waals surface area contributed by atoms with Crippen LogP contribution in [0.3, 0.4) is 0 Å². The quantitative estimate of drug-likeness (QED) is 0.565. The molecule has 3 aromatic rings. The molecule has 2 aromatic carbocycles. The molecule has 26 heavy (non-hydrogen) atoms. The molecule has 1 heterocycles. The van der Waals surface area contributed by atoms with Gasteiger partial charge in [0.1, 0.15) is 0 Å². The first-order valence-corrected chi connectivity index (χ1v) is 10.1. The van der Waals surface area contributed by atoms with Crippen LogP contribution >= 0.6 is 15.9 Å². The van der Waals surface area contributed by atoms with E-state index in [1.165, 1.54) is 24.3 Å². The molecule has 0 N–H and O–H groups in total. The second-order valence-electron chi connectivity index (χ2n) is 5.40. The van der Waals surface area contributed by atoms with Gasteiger partial charge in [-0.1, -0.05) is 39.3 Å². The fraction of sp³-hybridized carbons (Fsp3) is 0.118. The second kappa shape index (κ2) is 7.38. The van der Waals surface area contributed by atoms with E-state index in [9.17, 15) is 13.2 Å². The first-order chi connectivity index (χ1) is 12.3. The van der Waals surface area contributed by atoms with E-state index in [0.29, 0.717) is 5.82 Å². The third-order valence-electron chi connectivity index (χ3n) is 3.38. The largest absolute Gasteiger partial charge is 0.452 e. The van der Waals surface area contributed by atoms with Gasteiger partial charge in [-0.2, -0.15) is 4.98 Å². The highest BCUT2D eigenvalue weighted by Gasteiger charge is 2.15. The van der Waals surface area contributed by atoms with Crippen molar-refractivity contribution >= 4 is 31.7 Å². The summed E-state index contributed by atoms with van der Waals surface area (Å²) in [6.45, 7) is -0.219. The molecule has 0 spiro atoms. The lowest BCUT2D eigenvalue weighted by Crippen LogP contribution is -2.07. The van der Waals surface area contributed by atoms with Crippen LogP contribution in [0.5, 0.6) is 0 Å². The molecule has 0 aliphatic carbocycles. The summed E-state index contributed by atoms with van der Waals surface area (Å²) in [4.78, 5) is 16.3. The summed E-state index contributed by atoms with van der Waals surface area (Å²) < 4.78 is 34.2. The van der Waals surface area contributed by atoms with Gasteiger partial charge in [-0.25, -0.2) is 13.2 Å². The maximum absolute atomic E-state index is 12.1. The lowest BCUT2D eigenvalue weighted by atomic mass is 10.2. The maximum Gasteiger partial charge on any atom is 0.338 e. The van der Waals surface area contributed by atoms with Crippen LogP contribution in [0.4, 0.5) is 0 Å². The van der Waals surface area contributed by atoms with Crippen molar-refractivity contribution in [1.82, 2.24) is 10.1 Å². The van der Waals surface area contributed by atoms with Gasteiger partial charge in [0.2, 0.25) is 5.82 Å². The van der Waals surface area contributed by atoms with Gasteiger partial charge in [0, 0.05) is 16.3 Å². The Morgan fingerprint density at radius 1 is 1.19 bits per heavy atom. The van der Waals surface area contributed by atoms with Crippen molar-refractivity contribution in [3.8, 4) is 11.4 Å². The molecule has 9 heteroatoms. The van der Waals surface area contributed by atoms with Crippen molar-refractivity contribution in [3.63, 3.8) is 0 Å². The van der Waals surface area contributed by atoms with Gasteiger partial charge in [0.05, 0.1) is 10.5 Å². The second-order valence-corrected chi connectivity index (χ2v) is 8.33. The molecule has 1 aromatic heterocycles. The van der Waals surface area contributed by atoms with E-state index in [0.717, 1.165) is 16.3 Å². The molecular weight excluding hydrogens is 424 g/mol. The van der Waals surface area contributed by atoms with Crippen molar-refractivity contribution in [3.05, 3.63) is 64.5 Å². The van der Waals surface area contributed by atoms with Crippen LogP contribution in [0.2, 0.25) is 0 Å². The predicted octanol–water partition coefficient (Wildman–Crippen LogP) is 3.26. The number of ether oxygens (including phenoxy) is 1. The zero-order valence-corrected chi connectivity index (χ0v) is 16.0. The van der Waals surface area contributed by atoms with Crippen LogP contribution in [-0.2, 0) is 21.2 Å². The maximum atomic E-state index is 12.1. The monoisotopic (exact) mass is 436 g/mol. The molecule has 3 rings (SSSR count). The summed E-state index contributed by atoms with van der Waals surface area (Å²) in [6, 6.07) is 13.0. The van der Waals surface area contributed by atoms with Crippen LogP contribution in [0.1, 0.15) is 16.2 Å². The number of halogens is 1. The van der Waals surface area contributed by atoms with E-state index in [1.807, 2.05) is 24.3 Å². The smallest absolute Gasteiger partial charge is 0.338 e. The van der Waals surface area contributed by atoms with Gasteiger partial charge in [0.15, 0.2) is 16.4 Å². The fourth-order valence-electron chi connectivity index (χ4n) is 2.12. The summed E-state index contributed by atoms with van der Waals surface area (Å²) in [5.41, 5.74) is 0.876. The van der Waals surface area contributed by atoms with Crippen molar-refractivity contribution in [2.24, 2.45) is 0 Å². The number of hydrogen-bond acceptors (Lipinski definition) is 7. The lowest BCUT2D eigenvalue weighted by molar-refractivity contribution is 0.0429. The summed E-state index contributed by atoms with van der Waals surface area (Å²) >= 11 is 3.36. The van der Waals surface area contributed by atoms with E-state index in [-0.39, 0.29) is 23.0 Å². The lowest BCUT2D eigenvalue weighted by Gasteiger charge is -2.04. The molecule has 0 radical (unpaired) electrons. The Morgan fingerprint density at radius 3 is 2.69 bits per heavy atom. The van der Waals surface area contributed by atoms with E-state index in [2.05, 4.69) is 26.1 Å². The van der Waals surface area contributed by atoms with Gasteiger partial charge in [-0.05, 0) is 30.3 Å². The van der Waals surface area contributed by atoms with E-state index in [4.69, 9.17) is 9.26 Å². The van der Waals surface area contributed by atoms with Crippen LogP contribution in [0.25, 0.3) is 11.4 Å². The molecule has 0 atom stereocenters. The van der Waals surface area contributed by atoms with Gasteiger partial charge < -0.3 is 9.26 Å². The number of carbonyl (C=O) groups is 1. The molecule has 134 valence electrons. The number of benzene rings is 2. The highest BCUT2D eigenvalue weighted by molar-refractivity contribution is 9.10. The molecule has 0 aliphatic heterocycles. The number of rotatable bonds is 5. The van der Waals surface area contributed by atoms with Crippen molar-refractivity contribution < 1.29 is 22.5 Å². The molecule has 0 aliphatic rings. The van der Waals surface area contributed by atoms with Crippen LogP contribution in [-0.4, -0.2) is 30.8 Å². The van der Waals surface area contributed by atoms with E-state index >= 15 is 0 Å². The molecule has 7 nitrogen and oxygen atoms in total. The Bertz CT molecular complexity index is 1060. The Morgan fingerprint density at radius 2 is 1.96 bits per heavy atom. The fourth-order valence-corrected chi connectivity index (χ4v) is 3.19. The molecule has 0 saturated heterocycles. The zero-order chi connectivity index (χ0) is 18.7. The standard InChI is InChI=1S/C17H13BrN2O5S/c1-26(22,23)14-7-3-5-12(9-14)17(21)24-10-15-19-16(20-25-15)11-4-2-6-13(18)8-11/h2-9H,10H2,1H3. The van der Waals surface area contributed by atoms with Crippen LogP contribution in [0, 0.1) is 0 Å². The first kappa shape index (κ1) is 18.3. The van der Waals surface area contributed by atoms with Gasteiger partial charge in [-0.15, -0.1) is 0 Å². The third kappa shape index (κ3) is 4.36. The minimum Gasteiger partial charge on any atom is -0.452 e. The molecule has 0 saturated carbocycles. The average molecular weight is 437 g/mol. The first-order valence-electron chi connectivity index (χ1n) is 7.39. The summed E-state index contributed by atoms with van der Waals surface area (Å²) in [5.74, 6) is -0.179. The highest BCUT2D eigenvalue weighted by Crippen LogP contribution is 2.20. The molecule has 0 amide bonds. The highest BCUT2D eigenvalue weighted by atomic mass is 79.9. The van der Waals surface area contributed by atoms with Crippen LogP contribution in [0.15, 0.2) is 62.4 Å². The molecule has 0 bridgehead atoms. The Labute approximate surface area is 158 Å². The van der Waals surface area contributed by atoms with Crippen molar-refractivity contribution in [2.45, 2.75) is 11.5 Å². The zero-order valence-electron chi connectivity index (χ0n) is 13.5. The Kier molecular flexibility index (Phi) is 5.19. The predicted molar refractivity (Wildman–Crippen MR) is 96.1 cm³/mol. The number of nitrogens with zero attached hydrogens (tertiary/aromatic N) is 2. The number of aromatic nitrogens is 2. The van der Waals surface area contributed by atoms with Crippen LogP contribution < -0.4 is 0 Å². The van der Waals surface area contributed by atoms with Gasteiger partial charge in [-0.3, -0.25) is 0 Å². The summed E-state index contributed by atoms with van der Waals surface area (Å²) in [5, 5.41) is 3.85. The average Bonchev–Trinajstić information content (AvgIpc) is 3.08. The van der Waals surface area contributed by atoms with E-state index in [1.54, 1.807) is 0 Å². The Balaban J connectivity index is 1.69. The number of carbonyl (C=O) groups excluding carboxylic acids is 1. The topological polar surface area (TPSA) is 99.4 Å². The number of sulfone groups is 1. The minimum absolute atomic E-state index is 0.0432. The van der Waals surface area contributed by atoms with Gasteiger partial charge >= 0.3 is 5.97 Å². The molecule has 0 unspecified atom stereocenters. The normalized spacial score (nSPS) is 11.3. The Hall–Kier alpha value is -2.52. The molecule has 0 fully saturated rings. The van der Waals surface area contributed by atoms with Crippen molar-refractivity contribution in [2.75, 3.05) is 6.26 Å².